The van der Waals surface area contributed by atoms with E-state index in [1.165, 1.54) is 12.1 Å². The van der Waals surface area contributed by atoms with Crippen LogP contribution in [-0.4, -0.2) is 5.91 Å². The third-order valence-electron chi connectivity index (χ3n) is 3.49. The lowest BCUT2D eigenvalue weighted by Gasteiger charge is -2.32. The van der Waals surface area contributed by atoms with Gasteiger partial charge in [0.15, 0.2) is 0 Å². The molecule has 1 amide bonds. The fourth-order valence-electron chi connectivity index (χ4n) is 2.26. The molecular formula is C16H16BrFN2O. The van der Waals surface area contributed by atoms with Gasteiger partial charge in [0.25, 0.3) is 0 Å². The summed E-state index contributed by atoms with van der Waals surface area (Å²) >= 11 is 3.37. The molecule has 110 valence electrons. The first-order valence-corrected chi connectivity index (χ1v) is 7.37. The van der Waals surface area contributed by atoms with E-state index in [0.29, 0.717) is 12.1 Å². The Morgan fingerprint density at radius 1 is 1.19 bits per heavy atom. The lowest BCUT2D eigenvalue weighted by atomic mass is 9.86. The molecule has 0 aliphatic rings. The molecule has 0 bridgehead atoms. The zero-order chi connectivity index (χ0) is 15.5. The number of carbonyl (C=O) groups is 1. The van der Waals surface area contributed by atoms with Gasteiger partial charge in [-0.15, -0.1) is 0 Å². The molecule has 2 rings (SSSR count). The Kier molecular flexibility index (Phi) is 4.63. The maximum atomic E-state index is 13.0. The van der Waals surface area contributed by atoms with Crippen LogP contribution in [0.5, 0.6) is 0 Å². The molecule has 0 aromatic heterocycles. The van der Waals surface area contributed by atoms with E-state index < -0.39 is 11.4 Å². The smallest absolute Gasteiger partial charge is 0.247 e. The summed E-state index contributed by atoms with van der Waals surface area (Å²) in [5.41, 5.74) is 6.02. The van der Waals surface area contributed by atoms with E-state index in [-0.39, 0.29) is 5.82 Å². The second-order valence-electron chi connectivity index (χ2n) is 4.76. The number of anilines is 1. The third kappa shape index (κ3) is 3.24. The first kappa shape index (κ1) is 15.5. The fourth-order valence-corrected chi connectivity index (χ4v) is 2.52. The van der Waals surface area contributed by atoms with E-state index >= 15 is 0 Å². The van der Waals surface area contributed by atoms with Crippen molar-refractivity contribution in [1.82, 2.24) is 0 Å². The van der Waals surface area contributed by atoms with Crippen molar-refractivity contribution in [2.24, 2.45) is 5.73 Å². The molecule has 2 aromatic carbocycles. The molecule has 1 unspecified atom stereocenters. The molecule has 1 atom stereocenters. The predicted molar refractivity (Wildman–Crippen MR) is 85.3 cm³/mol. The first-order chi connectivity index (χ1) is 9.98. The minimum atomic E-state index is -1.03. The summed E-state index contributed by atoms with van der Waals surface area (Å²) < 4.78 is 13.9. The summed E-state index contributed by atoms with van der Waals surface area (Å²) in [6.07, 6.45) is 0.474. The number of amides is 1. The van der Waals surface area contributed by atoms with E-state index in [0.717, 1.165) is 10.0 Å². The van der Waals surface area contributed by atoms with Crippen LogP contribution in [0.25, 0.3) is 0 Å². The molecule has 3 N–H and O–H groups in total. The van der Waals surface area contributed by atoms with Gasteiger partial charge in [0.2, 0.25) is 5.91 Å². The first-order valence-electron chi connectivity index (χ1n) is 6.57. The van der Waals surface area contributed by atoms with E-state index in [2.05, 4.69) is 21.2 Å². The largest absolute Gasteiger partial charge is 0.368 e. The molecule has 0 heterocycles. The van der Waals surface area contributed by atoms with Crippen LogP contribution in [0, 0.1) is 5.82 Å². The summed E-state index contributed by atoms with van der Waals surface area (Å²) in [4.78, 5) is 12.1. The molecule has 5 heteroatoms. The monoisotopic (exact) mass is 350 g/mol. The molecule has 3 nitrogen and oxygen atoms in total. The maximum absolute atomic E-state index is 13.0. The topological polar surface area (TPSA) is 55.1 Å². The average molecular weight is 351 g/mol. The van der Waals surface area contributed by atoms with Gasteiger partial charge in [-0.1, -0.05) is 35.0 Å². The minimum Gasteiger partial charge on any atom is -0.368 e. The number of primary amides is 1. The summed E-state index contributed by atoms with van der Waals surface area (Å²) in [5.74, 6) is -0.804. The van der Waals surface area contributed by atoms with Crippen LogP contribution >= 0.6 is 15.9 Å². The summed E-state index contributed by atoms with van der Waals surface area (Å²) in [6.45, 7) is 1.88. The molecule has 2 aromatic rings. The zero-order valence-electron chi connectivity index (χ0n) is 11.6. The van der Waals surface area contributed by atoms with Gasteiger partial charge >= 0.3 is 0 Å². The van der Waals surface area contributed by atoms with Crippen molar-refractivity contribution >= 4 is 27.5 Å². The van der Waals surface area contributed by atoms with E-state index in [1.54, 1.807) is 12.1 Å². The molecule has 0 spiro atoms. The van der Waals surface area contributed by atoms with Crippen LogP contribution in [0.1, 0.15) is 18.9 Å². The quantitative estimate of drug-likeness (QED) is 0.861. The van der Waals surface area contributed by atoms with E-state index in [1.807, 2.05) is 31.2 Å². The molecule has 0 aliphatic carbocycles. The van der Waals surface area contributed by atoms with Gasteiger partial charge < -0.3 is 11.1 Å². The second-order valence-corrected chi connectivity index (χ2v) is 5.68. The summed E-state index contributed by atoms with van der Waals surface area (Å²) in [6, 6.07) is 13.2. The predicted octanol–water partition coefficient (Wildman–Crippen LogP) is 3.79. The van der Waals surface area contributed by atoms with Gasteiger partial charge in [-0.2, -0.15) is 0 Å². The summed E-state index contributed by atoms with van der Waals surface area (Å²) in [7, 11) is 0. The number of rotatable bonds is 5. The Labute approximate surface area is 131 Å². The van der Waals surface area contributed by atoms with Crippen molar-refractivity contribution in [3.8, 4) is 0 Å². The van der Waals surface area contributed by atoms with Crippen LogP contribution in [0.2, 0.25) is 0 Å². The van der Waals surface area contributed by atoms with E-state index in [9.17, 15) is 9.18 Å². The number of hydrogen-bond acceptors (Lipinski definition) is 2. The van der Waals surface area contributed by atoms with Crippen molar-refractivity contribution in [1.29, 1.82) is 0 Å². The Hall–Kier alpha value is -1.88. The van der Waals surface area contributed by atoms with Crippen LogP contribution < -0.4 is 11.1 Å². The SMILES string of the molecule is CCC(Nc1ccc(F)cc1)(C(N)=O)c1ccc(Br)cc1. The highest BCUT2D eigenvalue weighted by atomic mass is 79.9. The zero-order valence-corrected chi connectivity index (χ0v) is 13.2. The molecule has 0 saturated carbocycles. The Morgan fingerprint density at radius 3 is 2.24 bits per heavy atom. The van der Waals surface area contributed by atoms with Gasteiger partial charge in [0, 0.05) is 10.2 Å². The van der Waals surface area contributed by atoms with Gasteiger partial charge in [-0.05, 0) is 48.4 Å². The number of nitrogens with one attached hydrogen (secondary N) is 1. The van der Waals surface area contributed by atoms with Crippen LogP contribution in [0.4, 0.5) is 10.1 Å². The Morgan fingerprint density at radius 2 is 1.76 bits per heavy atom. The lowest BCUT2D eigenvalue weighted by Crippen LogP contribution is -2.47. The van der Waals surface area contributed by atoms with Crippen molar-refractivity contribution in [2.45, 2.75) is 18.9 Å². The van der Waals surface area contributed by atoms with Crippen molar-refractivity contribution < 1.29 is 9.18 Å². The maximum Gasteiger partial charge on any atom is 0.247 e. The molecule has 0 fully saturated rings. The van der Waals surface area contributed by atoms with Crippen LogP contribution in [-0.2, 0) is 10.3 Å². The normalized spacial score (nSPS) is 13.5. The molecule has 0 aliphatic heterocycles. The number of carbonyl (C=O) groups excluding carboxylic acids is 1. The van der Waals surface area contributed by atoms with Crippen molar-refractivity contribution in [3.05, 3.63) is 64.4 Å². The number of hydrogen-bond donors (Lipinski definition) is 2. The Balaban J connectivity index is 2.44. The highest BCUT2D eigenvalue weighted by Crippen LogP contribution is 2.30. The molecular weight excluding hydrogens is 335 g/mol. The number of benzene rings is 2. The number of halogens is 2. The standard InChI is InChI=1S/C16H16BrFN2O/c1-2-16(15(19)21,11-3-5-12(17)6-4-11)20-14-9-7-13(18)8-10-14/h3-10,20H,2H2,1H3,(H2,19,21). The van der Waals surface area contributed by atoms with Gasteiger partial charge in [0.1, 0.15) is 11.4 Å². The second kappa shape index (κ2) is 6.26. The highest BCUT2D eigenvalue weighted by molar-refractivity contribution is 9.10. The van der Waals surface area contributed by atoms with Crippen molar-refractivity contribution in [3.63, 3.8) is 0 Å². The average Bonchev–Trinajstić information content (AvgIpc) is 2.47. The molecule has 21 heavy (non-hydrogen) atoms. The van der Waals surface area contributed by atoms with Crippen molar-refractivity contribution in [2.75, 3.05) is 5.32 Å². The van der Waals surface area contributed by atoms with Gasteiger partial charge in [-0.25, -0.2) is 4.39 Å². The van der Waals surface area contributed by atoms with Gasteiger partial charge in [0.05, 0.1) is 0 Å². The minimum absolute atomic E-state index is 0.328. The van der Waals surface area contributed by atoms with Gasteiger partial charge in [-0.3, -0.25) is 4.79 Å². The Bertz CT molecular complexity index is 628. The molecule has 0 saturated heterocycles. The third-order valence-corrected chi connectivity index (χ3v) is 4.02. The number of nitrogens with two attached hydrogens (primary N) is 1. The summed E-state index contributed by atoms with van der Waals surface area (Å²) in [5, 5.41) is 3.15. The fraction of sp³-hybridized carbons (Fsp3) is 0.188. The molecule has 0 radical (unpaired) electrons. The van der Waals surface area contributed by atoms with E-state index in [4.69, 9.17) is 5.73 Å². The lowest BCUT2D eigenvalue weighted by molar-refractivity contribution is -0.122. The van der Waals surface area contributed by atoms with Crippen LogP contribution in [0.3, 0.4) is 0 Å². The highest BCUT2D eigenvalue weighted by Gasteiger charge is 2.36. The van der Waals surface area contributed by atoms with Crippen LogP contribution in [0.15, 0.2) is 53.0 Å².